The molecule has 1 nitrogen and oxygen atoms in total. The van der Waals surface area contributed by atoms with Crippen LogP contribution in [0.4, 0.5) is 0 Å². The van der Waals surface area contributed by atoms with E-state index < -0.39 is 0 Å². The molecule has 64 valence electrons. The van der Waals surface area contributed by atoms with Gasteiger partial charge in [0.25, 0.3) is 0 Å². The minimum Gasteiger partial charge on any atom is -0.330 e. The van der Waals surface area contributed by atoms with Crippen LogP contribution in [0.25, 0.3) is 0 Å². The molecule has 0 aromatic carbocycles. The van der Waals surface area contributed by atoms with Crippen molar-refractivity contribution in [2.45, 2.75) is 39.5 Å². The van der Waals surface area contributed by atoms with Crippen LogP contribution in [-0.2, 0) is 0 Å². The van der Waals surface area contributed by atoms with Gasteiger partial charge in [0.2, 0.25) is 0 Å². The predicted octanol–water partition coefficient (Wildman–Crippen LogP) is 2.47. The van der Waals surface area contributed by atoms with Crippen molar-refractivity contribution in [3.63, 3.8) is 0 Å². The summed E-state index contributed by atoms with van der Waals surface area (Å²) in [4.78, 5) is 0. The van der Waals surface area contributed by atoms with Gasteiger partial charge in [-0.3, -0.25) is 0 Å². The molecule has 1 heteroatoms. The maximum absolute atomic E-state index is 5.54. The maximum atomic E-state index is 5.54. The smallest absolute Gasteiger partial charge is 0.00716 e. The minimum absolute atomic E-state index is 0.800. The Kier molecular flexibility index (Phi) is 3.13. The SMILES string of the molecule is CC1=C(C)C(CCN)CCC1. The first-order valence-electron chi connectivity index (χ1n) is 4.62. The van der Waals surface area contributed by atoms with Gasteiger partial charge in [-0.05, 0) is 52.0 Å². The second-order valence-electron chi connectivity index (χ2n) is 3.63. The van der Waals surface area contributed by atoms with Crippen molar-refractivity contribution in [2.24, 2.45) is 11.7 Å². The molecule has 0 saturated heterocycles. The quantitative estimate of drug-likeness (QED) is 0.606. The molecular weight excluding hydrogens is 134 g/mol. The van der Waals surface area contributed by atoms with E-state index in [0.717, 1.165) is 12.5 Å². The lowest BCUT2D eigenvalue weighted by Gasteiger charge is -2.24. The van der Waals surface area contributed by atoms with Crippen molar-refractivity contribution in [3.05, 3.63) is 11.1 Å². The standard InChI is InChI=1S/C10H19N/c1-8-4-3-5-10(6-7-11)9(8)2/h10H,3-7,11H2,1-2H3. The van der Waals surface area contributed by atoms with E-state index in [1.807, 2.05) is 0 Å². The molecule has 1 rings (SSSR count). The summed E-state index contributed by atoms with van der Waals surface area (Å²) in [6.07, 6.45) is 5.23. The van der Waals surface area contributed by atoms with Crippen LogP contribution in [0.5, 0.6) is 0 Å². The summed E-state index contributed by atoms with van der Waals surface area (Å²) in [6, 6.07) is 0. The summed E-state index contributed by atoms with van der Waals surface area (Å²) in [7, 11) is 0. The molecule has 1 atom stereocenters. The second kappa shape index (κ2) is 3.91. The third kappa shape index (κ3) is 2.06. The molecule has 0 radical (unpaired) electrons. The lowest BCUT2D eigenvalue weighted by molar-refractivity contribution is 0.472. The third-order valence-corrected chi connectivity index (χ3v) is 2.91. The molecule has 1 unspecified atom stereocenters. The number of allylic oxidation sites excluding steroid dienone is 2. The average Bonchev–Trinajstić information content (AvgIpc) is 1.99. The minimum atomic E-state index is 0.800. The first-order chi connectivity index (χ1) is 5.25. The lowest BCUT2D eigenvalue weighted by Crippen LogP contribution is -2.14. The first kappa shape index (κ1) is 8.79. The molecule has 0 fully saturated rings. The summed E-state index contributed by atoms with van der Waals surface area (Å²) in [6.45, 7) is 5.38. The summed E-state index contributed by atoms with van der Waals surface area (Å²) in [5.41, 5.74) is 8.76. The van der Waals surface area contributed by atoms with Crippen LogP contribution in [0, 0.1) is 5.92 Å². The zero-order valence-corrected chi connectivity index (χ0v) is 7.69. The number of hydrogen-bond donors (Lipinski definition) is 1. The molecule has 0 spiro atoms. The molecule has 0 amide bonds. The van der Waals surface area contributed by atoms with Crippen molar-refractivity contribution in [3.8, 4) is 0 Å². The van der Waals surface area contributed by atoms with Gasteiger partial charge in [-0.2, -0.15) is 0 Å². The Labute approximate surface area is 69.7 Å². The zero-order valence-electron chi connectivity index (χ0n) is 7.69. The lowest BCUT2D eigenvalue weighted by atomic mass is 9.82. The molecule has 0 aromatic rings. The average molecular weight is 153 g/mol. The molecule has 0 saturated carbocycles. The van der Waals surface area contributed by atoms with E-state index >= 15 is 0 Å². The van der Waals surface area contributed by atoms with E-state index in [9.17, 15) is 0 Å². The van der Waals surface area contributed by atoms with Gasteiger partial charge in [-0.1, -0.05) is 11.1 Å². The number of rotatable bonds is 2. The van der Waals surface area contributed by atoms with Crippen LogP contribution in [0.3, 0.4) is 0 Å². The van der Waals surface area contributed by atoms with E-state index in [2.05, 4.69) is 13.8 Å². The van der Waals surface area contributed by atoms with Gasteiger partial charge in [-0.15, -0.1) is 0 Å². The normalized spacial score (nSPS) is 25.9. The predicted molar refractivity (Wildman–Crippen MR) is 49.4 cm³/mol. The van der Waals surface area contributed by atoms with E-state index in [0.29, 0.717) is 0 Å². The van der Waals surface area contributed by atoms with Crippen LogP contribution in [0.15, 0.2) is 11.1 Å². The molecule has 1 aliphatic carbocycles. The highest BCUT2D eigenvalue weighted by Gasteiger charge is 2.16. The molecule has 2 N–H and O–H groups in total. The Morgan fingerprint density at radius 2 is 2.18 bits per heavy atom. The second-order valence-corrected chi connectivity index (χ2v) is 3.63. The largest absolute Gasteiger partial charge is 0.330 e. The Hall–Kier alpha value is -0.300. The van der Waals surface area contributed by atoms with Gasteiger partial charge in [0.05, 0.1) is 0 Å². The van der Waals surface area contributed by atoms with Crippen molar-refractivity contribution in [1.29, 1.82) is 0 Å². The molecule has 0 aliphatic heterocycles. The Morgan fingerprint density at radius 1 is 1.45 bits per heavy atom. The van der Waals surface area contributed by atoms with Crippen LogP contribution in [0.1, 0.15) is 39.5 Å². The zero-order chi connectivity index (χ0) is 8.27. The Balaban J connectivity index is 2.58. The van der Waals surface area contributed by atoms with Crippen LogP contribution < -0.4 is 5.73 Å². The third-order valence-electron chi connectivity index (χ3n) is 2.91. The summed E-state index contributed by atoms with van der Waals surface area (Å²) < 4.78 is 0. The maximum Gasteiger partial charge on any atom is -0.00716 e. The Morgan fingerprint density at radius 3 is 2.82 bits per heavy atom. The molecule has 0 heterocycles. The van der Waals surface area contributed by atoms with E-state index in [1.165, 1.54) is 25.7 Å². The fourth-order valence-corrected chi connectivity index (χ4v) is 1.94. The topological polar surface area (TPSA) is 26.0 Å². The van der Waals surface area contributed by atoms with Crippen LogP contribution in [0.2, 0.25) is 0 Å². The van der Waals surface area contributed by atoms with Crippen LogP contribution in [-0.4, -0.2) is 6.54 Å². The molecule has 0 bridgehead atoms. The monoisotopic (exact) mass is 153 g/mol. The fourth-order valence-electron chi connectivity index (χ4n) is 1.94. The summed E-state index contributed by atoms with van der Waals surface area (Å²) >= 11 is 0. The van der Waals surface area contributed by atoms with E-state index in [4.69, 9.17) is 5.73 Å². The van der Waals surface area contributed by atoms with Gasteiger partial charge < -0.3 is 5.73 Å². The first-order valence-corrected chi connectivity index (χ1v) is 4.62. The van der Waals surface area contributed by atoms with E-state index in [-0.39, 0.29) is 0 Å². The van der Waals surface area contributed by atoms with Crippen LogP contribution >= 0.6 is 0 Å². The van der Waals surface area contributed by atoms with Crippen molar-refractivity contribution < 1.29 is 0 Å². The highest BCUT2D eigenvalue weighted by atomic mass is 14.5. The molecular formula is C10H19N. The summed E-state index contributed by atoms with van der Waals surface area (Å²) in [5, 5.41) is 0. The summed E-state index contributed by atoms with van der Waals surface area (Å²) in [5.74, 6) is 0.800. The Bertz CT molecular complexity index is 158. The van der Waals surface area contributed by atoms with Gasteiger partial charge in [0, 0.05) is 0 Å². The van der Waals surface area contributed by atoms with Gasteiger partial charge in [0.15, 0.2) is 0 Å². The molecule has 0 aromatic heterocycles. The van der Waals surface area contributed by atoms with Crippen molar-refractivity contribution >= 4 is 0 Å². The highest BCUT2D eigenvalue weighted by Crippen LogP contribution is 2.31. The van der Waals surface area contributed by atoms with Crippen molar-refractivity contribution in [1.82, 2.24) is 0 Å². The van der Waals surface area contributed by atoms with Gasteiger partial charge in [-0.25, -0.2) is 0 Å². The highest BCUT2D eigenvalue weighted by molar-refractivity contribution is 5.15. The molecule has 11 heavy (non-hydrogen) atoms. The van der Waals surface area contributed by atoms with Gasteiger partial charge in [0.1, 0.15) is 0 Å². The number of hydrogen-bond acceptors (Lipinski definition) is 1. The van der Waals surface area contributed by atoms with E-state index in [1.54, 1.807) is 11.1 Å². The molecule has 1 aliphatic rings. The number of nitrogens with two attached hydrogens (primary N) is 1. The van der Waals surface area contributed by atoms with Crippen molar-refractivity contribution in [2.75, 3.05) is 6.54 Å². The fraction of sp³-hybridized carbons (Fsp3) is 0.800. The van der Waals surface area contributed by atoms with Gasteiger partial charge >= 0.3 is 0 Å².